The molecule has 124 valence electrons. The molecule has 0 saturated carbocycles. The molecule has 4 heteroatoms. The number of methoxy groups -OCH3 is 1. The quantitative estimate of drug-likeness (QED) is 0.781. The zero-order chi connectivity index (χ0) is 17.1. The SMILES string of the molecule is COc1ccc(C)cc1CCNC(=O)c1cn(C)c2ccccc12. The molecule has 0 atom stereocenters. The molecule has 24 heavy (non-hydrogen) atoms. The highest BCUT2D eigenvalue weighted by atomic mass is 16.5. The fourth-order valence-electron chi connectivity index (χ4n) is 3.03. The maximum atomic E-state index is 12.5. The van der Waals surface area contributed by atoms with Crippen molar-refractivity contribution in [1.82, 2.24) is 9.88 Å². The minimum atomic E-state index is -0.0431. The lowest BCUT2D eigenvalue weighted by atomic mass is 10.1. The van der Waals surface area contributed by atoms with Crippen LogP contribution in [-0.4, -0.2) is 24.1 Å². The number of para-hydroxylation sites is 1. The molecule has 0 fully saturated rings. The molecule has 2 aromatic carbocycles. The van der Waals surface area contributed by atoms with Crippen molar-refractivity contribution in [3.05, 3.63) is 65.4 Å². The topological polar surface area (TPSA) is 43.3 Å². The molecule has 0 unspecified atom stereocenters. The van der Waals surface area contributed by atoms with Gasteiger partial charge in [-0.05, 0) is 31.0 Å². The van der Waals surface area contributed by atoms with Crippen molar-refractivity contribution < 1.29 is 9.53 Å². The largest absolute Gasteiger partial charge is 0.496 e. The third kappa shape index (κ3) is 3.13. The Morgan fingerprint density at radius 3 is 2.79 bits per heavy atom. The van der Waals surface area contributed by atoms with E-state index in [-0.39, 0.29) is 5.91 Å². The van der Waals surface area contributed by atoms with E-state index in [0.29, 0.717) is 12.1 Å². The number of hydrogen-bond acceptors (Lipinski definition) is 2. The first-order chi connectivity index (χ1) is 11.6. The maximum Gasteiger partial charge on any atom is 0.253 e. The molecule has 1 amide bonds. The van der Waals surface area contributed by atoms with E-state index < -0.39 is 0 Å². The number of ether oxygens (including phenoxy) is 1. The van der Waals surface area contributed by atoms with Crippen molar-refractivity contribution in [2.24, 2.45) is 7.05 Å². The van der Waals surface area contributed by atoms with Crippen LogP contribution in [0.5, 0.6) is 5.75 Å². The Bertz CT molecular complexity index is 880. The van der Waals surface area contributed by atoms with Gasteiger partial charge in [0.2, 0.25) is 0 Å². The summed E-state index contributed by atoms with van der Waals surface area (Å²) in [5.41, 5.74) is 4.06. The van der Waals surface area contributed by atoms with E-state index in [1.165, 1.54) is 5.56 Å². The molecule has 0 bridgehead atoms. The minimum Gasteiger partial charge on any atom is -0.496 e. The van der Waals surface area contributed by atoms with Gasteiger partial charge in [-0.25, -0.2) is 0 Å². The highest BCUT2D eigenvalue weighted by Gasteiger charge is 2.13. The van der Waals surface area contributed by atoms with Crippen LogP contribution in [0.25, 0.3) is 10.9 Å². The normalized spacial score (nSPS) is 10.8. The molecule has 0 aliphatic carbocycles. The van der Waals surface area contributed by atoms with Crippen LogP contribution in [0.3, 0.4) is 0 Å². The molecule has 3 rings (SSSR count). The third-order valence-electron chi connectivity index (χ3n) is 4.26. The van der Waals surface area contributed by atoms with Gasteiger partial charge in [0.1, 0.15) is 5.75 Å². The summed E-state index contributed by atoms with van der Waals surface area (Å²) in [6.07, 6.45) is 2.62. The highest BCUT2D eigenvalue weighted by Crippen LogP contribution is 2.21. The van der Waals surface area contributed by atoms with E-state index in [0.717, 1.165) is 28.6 Å². The predicted molar refractivity (Wildman–Crippen MR) is 96.7 cm³/mol. The van der Waals surface area contributed by atoms with Crippen LogP contribution in [0.1, 0.15) is 21.5 Å². The molecule has 0 aliphatic heterocycles. The summed E-state index contributed by atoms with van der Waals surface area (Å²) in [6.45, 7) is 2.62. The molecule has 1 N–H and O–H groups in total. The van der Waals surface area contributed by atoms with Gasteiger partial charge in [-0.2, -0.15) is 0 Å². The van der Waals surface area contributed by atoms with E-state index in [2.05, 4.69) is 18.3 Å². The van der Waals surface area contributed by atoms with Gasteiger partial charge in [-0.3, -0.25) is 4.79 Å². The number of aryl methyl sites for hydroxylation is 2. The molecule has 0 radical (unpaired) electrons. The number of amides is 1. The van der Waals surface area contributed by atoms with Gasteiger partial charge in [-0.15, -0.1) is 0 Å². The summed E-state index contributed by atoms with van der Waals surface area (Å²) in [5.74, 6) is 0.818. The Morgan fingerprint density at radius 2 is 2.00 bits per heavy atom. The monoisotopic (exact) mass is 322 g/mol. The van der Waals surface area contributed by atoms with E-state index in [1.54, 1.807) is 7.11 Å². The fraction of sp³-hybridized carbons (Fsp3) is 0.250. The molecular formula is C20H22N2O2. The average Bonchev–Trinajstić information content (AvgIpc) is 2.92. The Balaban J connectivity index is 1.71. The van der Waals surface area contributed by atoms with Gasteiger partial charge in [0.15, 0.2) is 0 Å². The van der Waals surface area contributed by atoms with Crippen molar-refractivity contribution in [1.29, 1.82) is 0 Å². The first kappa shape index (κ1) is 16.1. The Hall–Kier alpha value is -2.75. The standard InChI is InChI=1S/C20H22N2O2/c1-14-8-9-19(24-3)15(12-14)10-11-21-20(23)17-13-22(2)18-7-5-4-6-16(17)18/h4-9,12-13H,10-11H2,1-3H3,(H,21,23). The second-order valence-corrected chi connectivity index (χ2v) is 5.99. The first-order valence-electron chi connectivity index (χ1n) is 8.06. The molecular weight excluding hydrogens is 300 g/mol. The van der Waals surface area contributed by atoms with Crippen molar-refractivity contribution in [2.75, 3.05) is 13.7 Å². The average molecular weight is 322 g/mol. The summed E-state index contributed by atoms with van der Waals surface area (Å²) < 4.78 is 7.37. The number of fused-ring (bicyclic) bond motifs is 1. The molecule has 0 spiro atoms. The number of benzene rings is 2. The van der Waals surface area contributed by atoms with Crippen molar-refractivity contribution in [3.63, 3.8) is 0 Å². The minimum absolute atomic E-state index is 0.0431. The van der Waals surface area contributed by atoms with E-state index in [4.69, 9.17) is 4.74 Å². The lowest BCUT2D eigenvalue weighted by molar-refractivity contribution is 0.0955. The molecule has 4 nitrogen and oxygen atoms in total. The van der Waals surface area contributed by atoms with Crippen LogP contribution >= 0.6 is 0 Å². The lowest BCUT2D eigenvalue weighted by Gasteiger charge is -2.10. The summed E-state index contributed by atoms with van der Waals surface area (Å²) >= 11 is 0. The number of aromatic nitrogens is 1. The van der Waals surface area contributed by atoms with E-state index >= 15 is 0 Å². The van der Waals surface area contributed by atoms with E-state index in [9.17, 15) is 4.79 Å². The fourth-order valence-corrected chi connectivity index (χ4v) is 3.03. The Morgan fingerprint density at radius 1 is 1.21 bits per heavy atom. The second-order valence-electron chi connectivity index (χ2n) is 5.99. The summed E-state index contributed by atoms with van der Waals surface area (Å²) in [6, 6.07) is 14.0. The van der Waals surface area contributed by atoms with Crippen LogP contribution < -0.4 is 10.1 Å². The number of nitrogens with one attached hydrogen (secondary N) is 1. The van der Waals surface area contributed by atoms with Crippen LogP contribution in [-0.2, 0) is 13.5 Å². The van der Waals surface area contributed by atoms with Gasteiger partial charge in [0.05, 0.1) is 12.7 Å². The van der Waals surface area contributed by atoms with Gasteiger partial charge in [0.25, 0.3) is 5.91 Å². The molecule has 0 saturated heterocycles. The summed E-state index contributed by atoms with van der Waals surface area (Å²) in [7, 11) is 3.62. The second kappa shape index (κ2) is 6.79. The molecule has 1 aromatic heterocycles. The third-order valence-corrected chi connectivity index (χ3v) is 4.26. The zero-order valence-electron chi connectivity index (χ0n) is 14.3. The van der Waals surface area contributed by atoms with Gasteiger partial charge < -0.3 is 14.6 Å². The van der Waals surface area contributed by atoms with Gasteiger partial charge in [-0.1, -0.05) is 35.9 Å². The van der Waals surface area contributed by atoms with Gasteiger partial charge >= 0.3 is 0 Å². The van der Waals surface area contributed by atoms with Gasteiger partial charge in [0, 0.05) is 30.7 Å². The number of hydrogen-bond donors (Lipinski definition) is 1. The number of rotatable bonds is 5. The van der Waals surface area contributed by atoms with Crippen molar-refractivity contribution in [3.8, 4) is 5.75 Å². The zero-order valence-corrected chi connectivity index (χ0v) is 14.3. The number of carbonyl (C=O) groups is 1. The summed E-state index contributed by atoms with van der Waals surface area (Å²) in [5, 5.41) is 3.99. The van der Waals surface area contributed by atoms with Crippen LogP contribution in [0.2, 0.25) is 0 Å². The number of carbonyl (C=O) groups excluding carboxylic acids is 1. The maximum absolute atomic E-state index is 12.5. The predicted octanol–water partition coefficient (Wildman–Crippen LogP) is 3.47. The Kier molecular flexibility index (Phi) is 4.56. The van der Waals surface area contributed by atoms with Crippen LogP contribution in [0.4, 0.5) is 0 Å². The molecule has 3 aromatic rings. The van der Waals surface area contributed by atoms with E-state index in [1.807, 2.05) is 54.2 Å². The first-order valence-corrected chi connectivity index (χ1v) is 8.06. The Labute approximate surface area is 142 Å². The molecule has 1 heterocycles. The van der Waals surface area contributed by atoms with Crippen LogP contribution in [0, 0.1) is 6.92 Å². The summed E-state index contributed by atoms with van der Waals surface area (Å²) in [4.78, 5) is 12.5. The number of nitrogens with zero attached hydrogens (tertiary/aromatic N) is 1. The lowest BCUT2D eigenvalue weighted by Crippen LogP contribution is -2.25. The van der Waals surface area contributed by atoms with Crippen molar-refractivity contribution >= 4 is 16.8 Å². The van der Waals surface area contributed by atoms with Crippen molar-refractivity contribution in [2.45, 2.75) is 13.3 Å². The molecule has 0 aliphatic rings. The smallest absolute Gasteiger partial charge is 0.253 e. The highest BCUT2D eigenvalue weighted by molar-refractivity contribution is 6.06. The van der Waals surface area contributed by atoms with Crippen LogP contribution in [0.15, 0.2) is 48.7 Å².